The highest BCUT2D eigenvalue weighted by Gasteiger charge is 2.26. The maximum Gasteiger partial charge on any atom is 0.268 e. The first-order valence-corrected chi connectivity index (χ1v) is 12.4. The van der Waals surface area contributed by atoms with Crippen LogP contribution in [0.2, 0.25) is 0 Å². The van der Waals surface area contributed by atoms with Gasteiger partial charge in [-0.05, 0) is 43.7 Å². The summed E-state index contributed by atoms with van der Waals surface area (Å²) in [5.41, 5.74) is 17.1. The zero-order valence-corrected chi connectivity index (χ0v) is 20.0. The molecule has 0 spiro atoms. The van der Waals surface area contributed by atoms with Gasteiger partial charge in [0.15, 0.2) is 0 Å². The Labute approximate surface area is 204 Å². The van der Waals surface area contributed by atoms with Gasteiger partial charge < -0.3 is 16.8 Å². The summed E-state index contributed by atoms with van der Waals surface area (Å²) in [4.78, 5) is 19.6. The Morgan fingerprint density at radius 2 is 1.76 bits per heavy atom. The van der Waals surface area contributed by atoms with Crippen molar-refractivity contribution in [1.29, 1.82) is 10.5 Å². The maximum atomic E-state index is 13.3. The Hall–Kier alpha value is -3.92. The first kappa shape index (κ1) is 21.9. The van der Waals surface area contributed by atoms with Gasteiger partial charge in [-0.3, -0.25) is 4.79 Å². The summed E-state index contributed by atoms with van der Waals surface area (Å²) < 4.78 is 0. The minimum atomic E-state index is -0.400. The van der Waals surface area contributed by atoms with Crippen molar-refractivity contribution in [3.05, 3.63) is 56.3 Å². The van der Waals surface area contributed by atoms with Crippen LogP contribution < -0.4 is 16.8 Å². The number of pyridine rings is 1. The van der Waals surface area contributed by atoms with Crippen LogP contribution in [0.4, 0.5) is 16.5 Å². The number of benzene rings is 1. The van der Waals surface area contributed by atoms with E-state index in [4.69, 9.17) is 11.5 Å². The number of anilines is 3. The molecule has 3 heterocycles. The topological polar surface area (TPSA) is 142 Å². The smallest absolute Gasteiger partial charge is 0.268 e. The van der Waals surface area contributed by atoms with E-state index >= 15 is 0 Å². The lowest BCUT2D eigenvalue weighted by molar-refractivity contribution is 0.103. The van der Waals surface area contributed by atoms with E-state index in [2.05, 4.69) is 22.4 Å². The number of nitrogens with one attached hydrogen (secondary N) is 1. The van der Waals surface area contributed by atoms with Crippen LogP contribution >= 0.6 is 22.7 Å². The molecular formula is C25H20N6OS2. The van der Waals surface area contributed by atoms with E-state index in [1.807, 2.05) is 31.2 Å². The highest BCUT2D eigenvalue weighted by molar-refractivity contribution is 7.21. The molecule has 5 rings (SSSR count). The molecule has 0 bridgehead atoms. The lowest BCUT2D eigenvalue weighted by Crippen LogP contribution is -2.12. The van der Waals surface area contributed by atoms with Crippen LogP contribution in [0.15, 0.2) is 24.3 Å². The number of nitriles is 2. The van der Waals surface area contributed by atoms with E-state index in [-0.39, 0.29) is 21.9 Å². The molecule has 5 N–H and O–H groups in total. The number of fused-ring (bicyclic) bond motifs is 2. The fourth-order valence-corrected chi connectivity index (χ4v) is 6.63. The standard InChI is InChI=1S/C25H20N6OS2/c1-12-6-8-13(9-7-12)18-16(11-27)22(29)30-25-19(18)20(28)21(34-25)23(32)31-24-15(10-26)14-4-2-3-5-17(14)33-24/h6-9H,2-5,28H2,1H3,(H2,29,30)(H,31,32). The van der Waals surface area contributed by atoms with E-state index in [1.54, 1.807) is 0 Å². The Morgan fingerprint density at radius 1 is 1.06 bits per heavy atom. The van der Waals surface area contributed by atoms with Crippen LogP contribution in [-0.2, 0) is 12.8 Å². The highest BCUT2D eigenvalue weighted by Crippen LogP contribution is 2.43. The SMILES string of the molecule is Cc1ccc(-c2c(C#N)c(N)nc3sc(C(=O)Nc4sc5c(c4C#N)CCCC5)c(N)c23)cc1. The predicted octanol–water partition coefficient (Wildman–Crippen LogP) is 5.37. The molecule has 0 atom stereocenters. The summed E-state index contributed by atoms with van der Waals surface area (Å²) in [6.45, 7) is 1.98. The van der Waals surface area contributed by atoms with Crippen molar-refractivity contribution >= 4 is 55.3 Å². The van der Waals surface area contributed by atoms with Crippen molar-refractivity contribution in [3.63, 3.8) is 0 Å². The summed E-state index contributed by atoms with van der Waals surface area (Å²) in [5.74, 6) is -0.306. The number of aromatic nitrogens is 1. The molecule has 7 nitrogen and oxygen atoms in total. The average molecular weight is 485 g/mol. The minimum Gasteiger partial charge on any atom is -0.397 e. The number of carbonyl (C=O) groups excluding carboxylic acids is 1. The normalized spacial score (nSPS) is 12.7. The van der Waals surface area contributed by atoms with Gasteiger partial charge in [0.1, 0.15) is 38.2 Å². The van der Waals surface area contributed by atoms with Gasteiger partial charge in [-0.2, -0.15) is 10.5 Å². The number of amides is 1. The monoisotopic (exact) mass is 484 g/mol. The van der Waals surface area contributed by atoms with Gasteiger partial charge in [0.05, 0.1) is 11.3 Å². The number of nitrogens with zero attached hydrogens (tertiary/aromatic N) is 3. The van der Waals surface area contributed by atoms with Crippen molar-refractivity contribution in [3.8, 4) is 23.3 Å². The van der Waals surface area contributed by atoms with E-state index in [1.165, 1.54) is 11.3 Å². The molecule has 168 valence electrons. The van der Waals surface area contributed by atoms with Crippen LogP contribution in [0.1, 0.15) is 49.6 Å². The molecule has 0 radical (unpaired) electrons. The number of aryl methyl sites for hydroxylation is 2. The molecular weight excluding hydrogens is 464 g/mol. The zero-order valence-electron chi connectivity index (χ0n) is 18.4. The summed E-state index contributed by atoms with van der Waals surface area (Å²) in [6.07, 6.45) is 3.92. The van der Waals surface area contributed by atoms with Crippen molar-refractivity contribution in [2.75, 3.05) is 16.8 Å². The Morgan fingerprint density at radius 3 is 2.47 bits per heavy atom. The molecule has 1 aliphatic rings. The summed E-state index contributed by atoms with van der Waals surface area (Å²) >= 11 is 2.59. The Kier molecular flexibility index (Phi) is 5.45. The molecule has 4 aromatic rings. The third kappa shape index (κ3) is 3.47. The molecule has 34 heavy (non-hydrogen) atoms. The van der Waals surface area contributed by atoms with Crippen molar-refractivity contribution in [2.24, 2.45) is 0 Å². The minimum absolute atomic E-state index is 0.0940. The maximum absolute atomic E-state index is 13.3. The lowest BCUT2D eigenvalue weighted by Gasteiger charge is -2.10. The number of hydrogen-bond donors (Lipinski definition) is 3. The van der Waals surface area contributed by atoms with Crippen LogP contribution in [0.5, 0.6) is 0 Å². The Balaban J connectivity index is 1.63. The number of hydrogen-bond acceptors (Lipinski definition) is 8. The van der Waals surface area contributed by atoms with E-state index in [0.717, 1.165) is 58.6 Å². The fraction of sp³-hybridized carbons (Fsp3) is 0.200. The number of nitrogens with two attached hydrogens (primary N) is 2. The van der Waals surface area contributed by atoms with Gasteiger partial charge in [0.25, 0.3) is 5.91 Å². The second-order valence-electron chi connectivity index (χ2n) is 8.23. The van der Waals surface area contributed by atoms with Gasteiger partial charge >= 0.3 is 0 Å². The zero-order chi connectivity index (χ0) is 24.0. The molecule has 0 fully saturated rings. The Bertz CT molecular complexity index is 1550. The number of nitrogen functional groups attached to an aromatic ring is 2. The molecule has 0 unspecified atom stereocenters. The average Bonchev–Trinajstić information content (AvgIpc) is 3.35. The van der Waals surface area contributed by atoms with Crippen LogP contribution in [0.25, 0.3) is 21.3 Å². The molecule has 1 aromatic carbocycles. The van der Waals surface area contributed by atoms with Gasteiger partial charge in [-0.15, -0.1) is 22.7 Å². The van der Waals surface area contributed by atoms with Gasteiger partial charge in [-0.25, -0.2) is 4.98 Å². The molecule has 1 amide bonds. The van der Waals surface area contributed by atoms with Crippen molar-refractivity contribution in [1.82, 2.24) is 4.98 Å². The second-order valence-corrected chi connectivity index (χ2v) is 10.3. The van der Waals surface area contributed by atoms with Crippen LogP contribution in [0, 0.1) is 29.6 Å². The van der Waals surface area contributed by atoms with Crippen molar-refractivity contribution < 1.29 is 4.79 Å². The van der Waals surface area contributed by atoms with Crippen LogP contribution in [-0.4, -0.2) is 10.9 Å². The summed E-state index contributed by atoms with van der Waals surface area (Å²) in [6, 6.07) is 12.1. The van der Waals surface area contributed by atoms with Gasteiger partial charge in [0, 0.05) is 15.8 Å². The molecule has 0 aliphatic heterocycles. The predicted molar refractivity (Wildman–Crippen MR) is 137 cm³/mol. The first-order chi connectivity index (χ1) is 16.4. The number of carbonyl (C=O) groups is 1. The molecule has 1 aliphatic carbocycles. The van der Waals surface area contributed by atoms with E-state index in [0.29, 0.717) is 26.3 Å². The number of thiophene rings is 2. The molecule has 9 heteroatoms. The summed E-state index contributed by atoms with van der Waals surface area (Å²) in [7, 11) is 0. The fourth-order valence-electron chi connectivity index (χ4n) is 4.39. The lowest BCUT2D eigenvalue weighted by atomic mass is 9.96. The van der Waals surface area contributed by atoms with Crippen LogP contribution in [0.3, 0.4) is 0 Å². The molecule has 3 aromatic heterocycles. The quantitative estimate of drug-likeness (QED) is 0.357. The summed E-state index contributed by atoms with van der Waals surface area (Å²) in [5, 5.41) is 23.5. The second kappa shape index (κ2) is 8.45. The third-order valence-electron chi connectivity index (χ3n) is 6.07. The molecule has 0 saturated carbocycles. The van der Waals surface area contributed by atoms with E-state index < -0.39 is 5.91 Å². The largest absolute Gasteiger partial charge is 0.397 e. The third-order valence-corrected chi connectivity index (χ3v) is 8.38. The van der Waals surface area contributed by atoms with Crippen molar-refractivity contribution in [2.45, 2.75) is 32.6 Å². The van der Waals surface area contributed by atoms with Gasteiger partial charge in [-0.1, -0.05) is 29.8 Å². The first-order valence-electron chi connectivity index (χ1n) is 10.8. The van der Waals surface area contributed by atoms with Gasteiger partial charge in [0.2, 0.25) is 0 Å². The highest BCUT2D eigenvalue weighted by atomic mass is 32.1. The molecule has 0 saturated heterocycles. The van der Waals surface area contributed by atoms with E-state index in [9.17, 15) is 15.3 Å². The number of rotatable bonds is 3.